The Bertz CT molecular complexity index is 2780. The molecule has 0 amide bonds. The normalized spacial score (nSPS) is 35.9. The van der Waals surface area contributed by atoms with Gasteiger partial charge in [-0.2, -0.15) is 0 Å². The van der Waals surface area contributed by atoms with Crippen LogP contribution in [0.5, 0.6) is 0 Å². The molecular formula is C82H132O20. The quantitative estimate of drug-likeness (QED) is 0.0613. The smallest absolute Gasteiger partial charge is 0.347 e. The maximum absolute atomic E-state index is 12.6. The van der Waals surface area contributed by atoms with Gasteiger partial charge in [0.1, 0.15) is 42.2 Å². The van der Waals surface area contributed by atoms with Gasteiger partial charge in [0, 0.05) is 30.1 Å². The molecule has 12 aliphatic carbocycles. The molecule has 0 radical (unpaired) electrons. The first kappa shape index (κ1) is 82.8. The van der Waals surface area contributed by atoms with E-state index in [-0.39, 0.29) is 100 Å². The maximum atomic E-state index is 12.6. The molecule has 12 unspecified atom stereocenters. The van der Waals surface area contributed by atoms with Crippen LogP contribution in [0.3, 0.4) is 0 Å². The van der Waals surface area contributed by atoms with Crippen molar-refractivity contribution in [3.05, 3.63) is 0 Å². The predicted molar refractivity (Wildman–Crippen MR) is 380 cm³/mol. The highest BCUT2D eigenvalue weighted by molar-refractivity contribution is 5.83. The Morgan fingerprint density at radius 2 is 0.725 bits per heavy atom. The summed E-state index contributed by atoms with van der Waals surface area (Å²) in [6.45, 7) is 38.8. The van der Waals surface area contributed by atoms with Crippen molar-refractivity contribution in [3.63, 3.8) is 0 Å². The number of aliphatic hydroxyl groups excluding tert-OH is 2. The number of carbonyl (C=O) groups excluding carboxylic acids is 9. The number of aliphatic hydroxyl groups is 2. The summed E-state index contributed by atoms with van der Waals surface area (Å²) >= 11 is 0. The molecule has 20 heteroatoms. The van der Waals surface area contributed by atoms with Crippen molar-refractivity contribution in [3.8, 4) is 0 Å². The summed E-state index contributed by atoms with van der Waals surface area (Å²) in [6, 6.07) is 0. The van der Waals surface area contributed by atoms with Crippen LogP contribution in [0.25, 0.3) is 0 Å². The monoisotopic (exact) mass is 1440 g/mol. The van der Waals surface area contributed by atoms with E-state index in [2.05, 4.69) is 32.4 Å². The molecule has 3 saturated heterocycles. The summed E-state index contributed by atoms with van der Waals surface area (Å²) in [6.07, 6.45) is 21.2. The Labute approximate surface area is 609 Å². The van der Waals surface area contributed by atoms with E-state index in [4.69, 9.17) is 48.1 Å². The topological polar surface area (TPSA) is 277 Å². The average Bonchev–Trinajstić information content (AvgIpc) is 1.13. The predicted octanol–water partition coefficient (Wildman–Crippen LogP) is 14.5. The number of carbonyl (C=O) groups is 9. The zero-order valence-corrected chi connectivity index (χ0v) is 66.0. The van der Waals surface area contributed by atoms with E-state index < -0.39 is 52.6 Å². The Morgan fingerprint density at radius 3 is 1.01 bits per heavy atom. The van der Waals surface area contributed by atoms with Crippen molar-refractivity contribution in [1.82, 2.24) is 0 Å². The van der Waals surface area contributed by atoms with E-state index in [1.165, 1.54) is 64.2 Å². The lowest BCUT2D eigenvalue weighted by Crippen LogP contribution is -2.60. The summed E-state index contributed by atoms with van der Waals surface area (Å²) in [5, 5.41) is 17.2. The average molecular weight is 1440 g/mol. The third-order valence-corrected chi connectivity index (χ3v) is 28.2. The summed E-state index contributed by atoms with van der Waals surface area (Å²) in [7, 11) is 0. The van der Waals surface area contributed by atoms with Gasteiger partial charge in [-0.05, 0) is 272 Å². The molecule has 20 nitrogen and oxygen atoms in total. The fourth-order valence-corrected chi connectivity index (χ4v) is 19.0. The van der Waals surface area contributed by atoms with Crippen molar-refractivity contribution in [2.75, 3.05) is 13.2 Å². The van der Waals surface area contributed by atoms with Crippen LogP contribution < -0.4 is 0 Å². The molecular weight excluding hydrogens is 1300 g/mol. The number of hydrogen-bond acceptors (Lipinski definition) is 20. The molecule has 0 spiro atoms. The molecule has 102 heavy (non-hydrogen) atoms. The van der Waals surface area contributed by atoms with Crippen LogP contribution in [0.2, 0.25) is 0 Å². The van der Waals surface area contributed by atoms with Crippen LogP contribution in [0.1, 0.15) is 286 Å². The Kier molecular flexibility index (Phi) is 26.2. The number of cyclic esters (lactones) is 1. The Hall–Kier alpha value is -4.85. The lowest BCUT2D eigenvalue weighted by molar-refractivity contribution is -0.218. The van der Waals surface area contributed by atoms with Crippen LogP contribution in [0.4, 0.5) is 0 Å². The summed E-state index contributed by atoms with van der Waals surface area (Å²) in [4.78, 5) is 106. The second-order valence-corrected chi connectivity index (χ2v) is 36.9. The van der Waals surface area contributed by atoms with E-state index >= 15 is 0 Å². The van der Waals surface area contributed by atoms with Gasteiger partial charge >= 0.3 is 53.7 Å². The molecule has 3 aliphatic heterocycles. The highest BCUT2D eigenvalue weighted by atomic mass is 16.6. The first-order chi connectivity index (χ1) is 47.6. The number of ether oxygens (including phenoxy) is 9. The van der Waals surface area contributed by atoms with E-state index in [0.717, 1.165) is 87.9 Å². The van der Waals surface area contributed by atoms with Gasteiger partial charge in [-0.3, -0.25) is 38.4 Å². The molecule has 0 aromatic rings. The first-order valence-corrected chi connectivity index (χ1v) is 39.8. The largest absolute Gasteiger partial charge is 0.463 e. The Balaban J connectivity index is 0.000000157. The molecule has 15 aliphatic rings. The standard InChI is InChI=1S/2C18H30O2.2C14H20O4.C10H16O4.C8H16O4/c2*1-5-17(3,4)16(19)20-18(6-2)14-8-12-7-13(10-14)11-15(18)9-12;2*1-4-14(2,3)13(16)18-10-7-5-8-9(6-7)12(15)17-11(8)10;1-4-10(2,3)9(12)14-7-5-6-13-8(7)11;1-4-8(2,3)7(11)12-6(10)5-9/h2*12-15H,5-11H2,1-4H3;2*7-11H,4-6H2,1-3H3;7H,4-6H2,1-3H3;6,9-10H,4-5H2,1-3H3. The number of fused-ring (bicyclic) bond motifs is 2. The summed E-state index contributed by atoms with van der Waals surface area (Å²) < 4.78 is 48.9. The van der Waals surface area contributed by atoms with Crippen LogP contribution >= 0.6 is 0 Å². The van der Waals surface area contributed by atoms with E-state index in [0.29, 0.717) is 73.2 Å². The molecule has 0 aromatic carbocycles. The molecule has 3 heterocycles. The second kappa shape index (κ2) is 32.3. The summed E-state index contributed by atoms with van der Waals surface area (Å²) in [5.74, 6) is 5.99. The van der Waals surface area contributed by atoms with Crippen LogP contribution in [0, 0.1) is 115 Å². The number of esters is 9. The van der Waals surface area contributed by atoms with Gasteiger partial charge in [-0.1, -0.05) is 55.4 Å². The Morgan fingerprint density at radius 1 is 0.422 bits per heavy atom. The number of hydrogen-bond donors (Lipinski definition) is 2. The fourth-order valence-electron chi connectivity index (χ4n) is 19.0. The molecule has 2 N–H and O–H groups in total. The molecule has 580 valence electrons. The van der Waals surface area contributed by atoms with Crippen molar-refractivity contribution in [2.45, 2.75) is 334 Å². The van der Waals surface area contributed by atoms with E-state index in [9.17, 15) is 43.2 Å². The maximum Gasteiger partial charge on any atom is 0.347 e. The second-order valence-electron chi connectivity index (χ2n) is 36.9. The van der Waals surface area contributed by atoms with E-state index in [1.54, 1.807) is 27.7 Å². The van der Waals surface area contributed by atoms with E-state index in [1.807, 2.05) is 83.1 Å². The zero-order chi connectivity index (χ0) is 75.8. The minimum Gasteiger partial charge on any atom is -0.463 e. The zero-order valence-electron chi connectivity index (χ0n) is 66.0. The van der Waals surface area contributed by atoms with Gasteiger partial charge < -0.3 is 52.8 Å². The molecule has 12 bridgehead atoms. The van der Waals surface area contributed by atoms with Crippen molar-refractivity contribution in [1.29, 1.82) is 0 Å². The van der Waals surface area contributed by atoms with Crippen molar-refractivity contribution in [2.24, 2.45) is 115 Å². The third kappa shape index (κ3) is 17.2. The highest BCUT2D eigenvalue weighted by Crippen LogP contribution is 2.63. The molecule has 12 saturated carbocycles. The van der Waals surface area contributed by atoms with Crippen LogP contribution in [0.15, 0.2) is 0 Å². The van der Waals surface area contributed by atoms with Gasteiger partial charge in [0.25, 0.3) is 0 Å². The molecule has 12 atom stereocenters. The SMILES string of the molecule is CCC(C)(C)C(=O)OC(O)CO.CCC(C)(C)C(=O)OC1(CC)C2CC3CC(C2)CC1C3.CCC(C)(C)C(=O)OC1(CC)C2CC3CC(C2)CC1C3.CCC(C)(C)C(=O)OC1C2CC3C(=O)OC1C3C2.CCC(C)(C)C(=O)OC1C2CC3C(=O)OC1C3C2.CCC(C)(C)C(=O)OC1CCOC1=O. The highest BCUT2D eigenvalue weighted by Gasteiger charge is 2.66. The number of rotatable bonds is 21. The van der Waals surface area contributed by atoms with Gasteiger partial charge in [0.05, 0.1) is 50.9 Å². The van der Waals surface area contributed by atoms with Crippen LogP contribution in [-0.2, 0) is 85.8 Å². The third-order valence-electron chi connectivity index (χ3n) is 28.2. The van der Waals surface area contributed by atoms with Gasteiger partial charge in [0.2, 0.25) is 12.4 Å². The molecule has 0 aromatic heterocycles. The molecule has 15 rings (SSSR count). The lowest BCUT2D eigenvalue weighted by atomic mass is 9.49. The first-order valence-electron chi connectivity index (χ1n) is 39.8. The summed E-state index contributed by atoms with van der Waals surface area (Å²) in [5.41, 5.74) is -2.96. The van der Waals surface area contributed by atoms with Crippen molar-refractivity contribution >= 4 is 53.7 Å². The lowest BCUT2D eigenvalue weighted by Gasteiger charge is -2.60. The molecule has 15 fully saturated rings. The van der Waals surface area contributed by atoms with Gasteiger partial charge in [-0.15, -0.1) is 0 Å². The minimum absolute atomic E-state index is 0.0364. The van der Waals surface area contributed by atoms with Crippen molar-refractivity contribution < 1.29 is 96.0 Å². The van der Waals surface area contributed by atoms with Gasteiger partial charge in [0.15, 0.2) is 0 Å². The minimum atomic E-state index is -1.40. The fraction of sp³-hybridized carbons (Fsp3) is 0.890. The van der Waals surface area contributed by atoms with Gasteiger partial charge in [-0.25, -0.2) is 4.79 Å². The van der Waals surface area contributed by atoms with Crippen LogP contribution in [-0.4, -0.2) is 125 Å².